The molecule has 1 heterocycles. The fourth-order valence-corrected chi connectivity index (χ4v) is 1.62. The maximum atomic E-state index is 10.8. The van der Waals surface area contributed by atoms with Crippen molar-refractivity contribution in [2.75, 3.05) is 7.11 Å². The Morgan fingerprint density at radius 2 is 2.33 bits per heavy atom. The predicted octanol–water partition coefficient (Wildman–Crippen LogP) is 1.76. The van der Waals surface area contributed by atoms with Gasteiger partial charge in [0.25, 0.3) is 0 Å². The minimum atomic E-state index is -0.597. The molecular formula is C11H11NO3. The number of phenols is 1. The Morgan fingerprint density at radius 1 is 1.53 bits per heavy atom. The van der Waals surface area contributed by atoms with Crippen LogP contribution in [-0.4, -0.2) is 23.5 Å². The Kier molecular flexibility index (Phi) is 2.43. The summed E-state index contributed by atoms with van der Waals surface area (Å²) in [7, 11) is 1.47. The fourth-order valence-electron chi connectivity index (χ4n) is 1.62. The minimum absolute atomic E-state index is 0.170. The number of hydrogen-bond acceptors (Lipinski definition) is 3. The highest BCUT2D eigenvalue weighted by atomic mass is 16.5. The Balaban J connectivity index is 2.60. The van der Waals surface area contributed by atoms with Crippen LogP contribution in [0.4, 0.5) is 0 Å². The largest absolute Gasteiger partial charge is 0.508 e. The van der Waals surface area contributed by atoms with Crippen molar-refractivity contribution in [2.24, 2.45) is 0 Å². The van der Waals surface area contributed by atoms with E-state index in [2.05, 4.69) is 4.98 Å². The van der Waals surface area contributed by atoms with Crippen LogP contribution in [0.2, 0.25) is 0 Å². The van der Waals surface area contributed by atoms with Crippen molar-refractivity contribution in [1.82, 2.24) is 4.98 Å². The molecule has 4 heteroatoms. The summed E-state index contributed by atoms with van der Waals surface area (Å²) < 4.78 is 5.02. The summed E-state index contributed by atoms with van der Waals surface area (Å²) in [5, 5.41) is 10.2. The molecule has 1 atom stereocenters. The number of aromatic nitrogens is 1. The molecule has 2 aromatic rings. The maximum absolute atomic E-state index is 10.8. The van der Waals surface area contributed by atoms with Gasteiger partial charge in [0.05, 0.1) is 0 Å². The van der Waals surface area contributed by atoms with Gasteiger partial charge in [-0.05, 0) is 18.2 Å². The number of fused-ring (bicyclic) bond motifs is 1. The van der Waals surface area contributed by atoms with E-state index in [0.29, 0.717) is 0 Å². The first-order valence-electron chi connectivity index (χ1n) is 4.54. The van der Waals surface area contributed by atoms with Gasteiger partial charge in [-0.3, -0.25) is 0 Å². The van der Waals surface area contributed by atoms with Crippen molar-refractivity contribution >= 4 is 17.2 Å². The number of H-pyrrole nitrogens is 1. The number of carbonyl (C=O) groups excluding carboxylic acids is 1. The second-order valence-corrected chi connectivity index (χ2v) is 3.27. The maximum Gasteiger partial charge on any atom is 0.153 e. The first-order chi connectivity index (χ1) is 7.26. The van der Waals surface area contributed by atoms with Crippen LogP contribution >= 0.6 is 0 Å². The first kappa shape index (κ1) is 9.73. The molecule has 0 radical (unpaired) electrons. The number of ether oxygens (including phenoxy) is 1. The number of aldehydes is 1. The molecule has 1 unspecified atom stereocenters. The Hall–Kier alpha value is -1.81. The number of benzene rings is 1. The van der Waals surface area contributed by atoms with E-state index in [1.807, 2.05) is 0 Å². The van der Waals surface area contributed by atoms with Crippen LogP contribution in [0.15, 0.2) is 24.4 Å². The molecule has 0 aliphatic rings. The molecule has 2 N–H and O–H groups in total. The van der Waals surface area contributed by atoms with E-state index in [0.717, 1.165) is 22.8 Å². The van der Waals surface area contributed by atoms with Crippen molar-refractivity contribution < 1.29 is 14.6 Å². The first-order valence-corrected chi connectivity index (χ1v) is 4.54. The number of hydrogen-bond donors (Lipinski definition) is 2. The Morgan fingerprint density at radius 3 is 3.00 bits per heavy atom. The standard InChI is InChI=1S/C11H11NO3/c1-15-11(6-13)9-5-12-10-3-2-7(14)4-8(9)10/h2-6,11-12,14H,1H3. The zero-order valence-corrected chi connectivity index (χ0v) is 8.23. The lowest BCUT2D eigenvalue weighted by atomic mass is 10.1. The number of carbonyl (C=O) groups is 1. The van der Waals surface area contributed by atoms with Crippen molar-refractivity contribution in [2.45, 2.75) is 6.10 Å². The highest BCUT2D eigenvalue weighted by Crippen LogP contribution is 2.27. The van der Waals surface area contributed by atoms with Gasteiger partial charge in [0, 0.05) is 29.8 Å². The fraction of sp³-hybridized carbons (Fsp3) is 0.182. The molecule has 4 nitrogen and oxygen atoms in total. The van der Waals surface area contributed by atoms with Crippen LogP contribution in [0.1, 0.15) is 11.7 Å². The monoisotopic (exact) mass is 205 g/mol. The lowest BCUT2D eigenvalue weighted by molar-refractivity contribution is -0.116. The van der Waals surface area contributed by atoms with Crippen molar-refractivity contribution in [3.8, 4) is 5.75 Å². The summed E-state index contributed by atoms with van der Waals surface area (Å²) in [6.07, 6.45) is 1.85. The smallest absolute Gasteiger partial charge is 0.153 e. The molecule has 0 bridgehead atoms. The van der Waals surface area contributed by atoms with E-state index in [1.165, 1.54) is 7.11 Å². The summed E-state index contributed by atoms with van der Waals surface area (Å²) in [6.45, 7) is 0. The molecule has 0 spiro atoms. The van der Waals surface area contributed by atoms with E-state index in [-0.39, 0.29) is 5.75 Å². The summed E-state index contributed by atoms with van der Waals surface area (Å²) in [4.78, 5) is 13.8. The lowest BCUT2D eigenvalue weighted by Gasteiger charge is -2.06. The molecule has 15 heavy (non-hydrogen) atoms. The van der Waals surface area contributed by atoms with Gasteiger partial charge in [0.2, 0.25) is 0 Å². The van der Waals surface area contributed by atoms with Crippen molar-refractivity contribution in [3.63, 3.8) is 0 Å². The lowest BCUT2D eigenvalue weighted by Crippen LogP contribution is -2.01. The van der Waals surface area contributed by atoms with Gasteiger partial charge in [-0.2, -0.15) is 0 Å². The molecule has 1 aromatic carbocycles. The van der Waals surface area contributed by atoms with E-state index in [4.69, 9.17) is 4.74 Å². The summed E-state index contributed by atoms with van der Waals surface area (Å²) in [5.74, 6) is 0.170. The average molecular weight is 205 g/mol. The van der Waals surface area contributed by atoms with E-state index < -0.39 is 6.10 Å². The van der Waals surface area contributed by atoms with E-state index in [9.17, 15) is 9.90 Å². The summed E-state index contributed by atoms with van der Waals surface area (Å²) in [5.41, 5.74) is 1.60. The zero-order chi connectivity index (χ0) is 10.8. The molecular weight excluding hydrogens is 194 g/mol. The molecule has 0 aliphatic heterocycles. The number of rotatable bonds is 3. The Bertz CT molecular complexity index is 490. The molecule has 0 fully saturated rings. The van der Waals surface area contributed by atoms with Crippen LogP contribution in [0, 0.1) is 0 Å². The third-order valence-electron chi connectivity index (χ3n) is 2.38. The normalized spacial score (nSPS) is 12.9. The molecule has 0 amide bonds. The second kappa shape index (κ2) is 3.74. The van der Waals surface area contributed by atoms with Crippen LogP contribution in [0.3, 0.4) is 0 Å². The number of phenolic OH excluding ortho intramolecular Hbond substituents is 1. The average Bonchev–Trinajstić information content (AvgIpc) is 2.64. The van der Waals surface area contributed by atoms with Crippen LogP contribution < -0.4 is 0 Å². The van der Waals surface area contributed by atoms with Crippen LogP contribution in [-0.2, 0) is 9.53 Å². The number of aromatic hydroxyl groups is 1. The van der Waals surface area contributed by atoms with Gasteiger partial charge < -0.3 is 19.6 Å². The number of methoxy groups -OCH3 is 1. The number of nitrogens with one attached hydrogen (secondary N) is 1. The van der Waals surface area contributed by atoms with Crippen LogP contribution in [0.25, 0.3) is 10.9 Å². The predicted molar refractivity (Wildman–Crippen MR) is 55.8 cm³/mol. The second-order valence-electron chi connectivity index (χ2n) is 3.27. The summed E-state index contributed by atoms with van der Waals surface area (Å²) in [6, 6.07) is 4.95. The third-order valence-corrected chi connectivity index (χ3v) is 2.38. The van der Waals surface area contributed by atoms with Gasteiger partial charge in [0.15, 0.2) is 6.29 Å². The quantitative estimate of drug-likeness (QED) is 0.750. The van der Waals surface area contributed by atoms with E-state index >= 15 is 0 Å². The van der Waals surface area contributed by atoms with Gasteiger partial charge in [0.1, 0.15) is 11.9 Å². The van der Waals surface area contributed by atoms with E-state index in [1.54, 1.807) is 24.4 Å². The summed E-state index contributed by atoms with van der Waals surface area (Å²) >= 11 is 0. The highest BCUT2D eigenvalue weighted by molar-refractivity contribution is 5.87. The molecule has 0 saturated carbocycles. The van der Waals surface area contributed by atoms with Crippen LogP contribution in [0.5, 0.6) is 5.75 Å². The topological polar surface area (TPSA) is 62.3 Å². The van der Waals surface area contributed by atoms with Gasteiger partial charge in [-0.15, -0.1) is 0 Å². The SMILES string of the molecule is COC(C=O)c1c[nH]c2ccc(O)cc12. The van der Waals surface area contributed by atoms with Gasteiger partial charge in [-0.25, -0.2) is 0 Å². The third kappa shape index (κ3) is 1.59. The number of aromatic amines is 1. The molecule has 1 aromatic heterocycles. The highest BCUT2D eigenvalue weighted by Gasteiger charge is 2.14. The van der Waals surface area contributed by atoms with Crippen molar-refractivity contribution in [1.29, 1.82) is 0 Å². The molecule has 2 rings (SSSR count). The zero-order valence-electron chi connectivity index (χ0n) is 8.23. The molecule has 0 aliphatic carbocycles. The Labute approximate surface area is 86.5 Å². The van der Waals surface area contributed by atoms with Gasteiger partial charge in [-0.1, -0.05) is 0 Å². The van der Waals surface area contributed by atoms with Crippen molar-refractivity contribution in [3.05, 3.63) is 30.0 Å². The molecule has 0 saturated heterocycles. The van der Waals surface area contributed by atoms with Gasteiger partial charge >= 0.3 is 0 Å². The minimum Gasteiger partial charge on any atom is -0.508 e. The molecule has 78 valence electrons.